The minimum Gasteiger partial charge on any atom is -0.481 e. The maximum Gasteiger partial charge on any atom is 0.307 e. The van der Waals surface area contributed by atoms with Gasteiger partial charge in [0.2, 0.25) is 0 Å². The van der Waals surface area contributed by atoms with Crippen molar-refractivity contribution in [3.05, 3.63) is 35.5 Å². The number of fused-ring (bicyclic) bond motifs is 1. The molecule has 2 N–H and O–H groups in total. The fourth-order valence-corrected chi connectivity index (χ4v) is 1.71. The number of aliphatic carboxylic acids is 1. The summed E-state index contributed by atoms with van der Waals surface area (Å²) < 4.78 is 0. The first-order valence-corrected chi connectivity index (χ1v) is 4.90. The van der Waals surface area contributed by atoms with E-state index in [4.69, 9.17) is 5.11 Å². The summed E-state index contributed by atoms with van der Waals surface area (Å²) in [4.78, 5) is 24.9. The molecule has 16 heavy (non-hydrogen) atoms. The van der Waals surface area contributed by atoms with E-state index >= 15 is 0 Å². The number of ketones is 1. The first-order valence-electron chi connectivity index (χ1n) is 4.90. The minimum atomic E-state index is -0.880. The standard InChI is InChI=1S/C12H11NO3/c1-7(14)8-2-3-11-10(4-8)9(6-13-11)5-12(15)16/h2-4,6,13H,5H2,1H3,(H,15,16). The average molecular weight is 217 g/mol. The Morgan fingerprint density at radius 3 is 2.75 bits per heavy atom. The third kappa shape index (κ3) is 1.82. The number of hydrogen-bond acceptors (Lipinski definition) is 2. The van der Waals surface area contributed by atoms with Gasteiger partial charge in [0.05, 0.1) is 6.42 Å². The summed E-state index contributed by atoms with van der Waals surface area (Å²) >= 11 is 0. The van der Waals surface area contributed by atoms with Gasteiger partial charge in [-0.3, -0.25) is 9.59 Å². The van der Waals surface area contributed by atoms with Crippen molar-refractivity contribution in [1.29, 1.82) is 0 Å². The van der Waals surface area contributed by atoms with Crippen molar-refractivity contribution >= 4 is 22.7 Å². The van der Waals surface area contributed by atoms with Crippen LogP contribution in [0.1, 0.15) is 22.8 Å². The Morgan fingerprint density at radius 1 is 1.38 bits per heavy atom. The number of carbonyl (C=O) groups excluding carboxylic acids is 1. The SMILES string of the molecule is CC(=O)c1ccc2[nH]cc(CC(=O)O)c2c1. The highest BCUT2D eigenvalue weighted by molar-refractivity contribution is 5.99. The number of carbonyl (C=O) groups is 2. The molecule has 1 aromatic heterocycles. The molecule has 0 bridgehead atoms. The van der Waals surface area contributed by atoms with Gasteiger partial charge in [-0.1, -0.05) is 0 Å². The van der Waals surface area contributed by atoms with E-state index in [1.54, 1.807) is 24.4 Å². The van der Waals surface area contributed by atoms with Crippen molar-refractivity contribution in [2.75, 3.05) is 0 Å². The number of carboxylic acid groups (broad SMARTS) is 1. The number of aromatic nitrogens is 1. The lowest BCUT2D eigenvalue weighted by atomic mass is 10.1. The molecule has 0 fully saturated rings. The predicted molar refractivity (Wildman–Crippen MR) is 59.6 cm³/mol. The van der Waals surface area contributed by atoms with Crippen LogP contribution in [0.5, 0.6) is 0 Å². The third-order valence-electron chi connectivity index (χ3n) is 2.52. The highest BCUT2D eigenvalue weighted by Gasteiger charge is 2.09. The smallest absolute Gasteiger partial charge is 0.307 e. The fraction of sp³-hybridized carbons (Fsp3) is 0.167. The van der Waals surface area contributed by atoms with Crippen molar-refractivity contribution in [3.63, 3.8) is 0 Å². The largest absolute Gasteiger partial charge is 0.481 e. The lowest BCUT2D eigenvalue weighted by Crippen LogP contribution is -1.99. The van der Waals surface area contributed by atoms with Gasteiger partial charge >= 0.3 is 5.97 Å². The topological polar surface area (TPSA) is 70.2 Å². The zero-order valence-electron chi connectivity index (χ0n) is 8.78. The third-order valence-corrected chi connectivity index (χ3v) is 2.52. The maximum atomic E-state index is 11.2. The van der Waals surface area contributed by atoms with Gasteiger partial charge in [0.25, 0.3) is 0 Å². The summed E-state index contributed by atoms with van der Waals surface area (Å²) in [6, 6.07) is 5.25. The Hall–Kier alpha value is -2.10. The van der Waals surface area contributed by atoms with Crippen LogP contribution in [0.3, 0.4) is 0 Å². The zero-order valence-corrected chi connectivity index (χ0v) is 8.78. The number of H-pyrrole nitrogens is 1. The Bertz CT molecular complexity index is 569. The second-order valence-electron chi connectivity index (χ2n) is 3.70. The second-order valence-corrected chi connectivity index (χ2v) is 3.70. The van der Waals surface area contributed by atoms with Gasteiger partial charge in [-0.25, -0.2) is 0 Å². The summed E-state index contributed by atoms with van der Waals surface area (Å²) in [7, 11) is 0. The molecule has 2 aromatic rings. The molecular formula is C12H11NO3. The Kier molecular flexibility index (Phi) is 2.48. The number of benzene rings is 1. The highest BCUT2D eigenvalue weighted by Crippen LogP contribution is 2.20. The van der Waals surface area contributed by atoms with Crippen LogP contribution < -0.4 is 0 Å². The molecule has 1 aromatic carbocycles. The number of aromatic amines is 1. The van der Waals surface area contributed by atoms with Gasteiger partial charge in [-0.05, 0) is 30.7 Å². The van der Waals surface area contributed by atoms with Crippen LogP contribution in [0, 0.1) is 0 Å². The lowest BCUT2D eigenvalue weighted by Gasteiger charge is -1.98. The van der Waals surface area contributed by atoms with Crippen LogP contribution in [-0.2, 0) is 11.2 Å². The van der Waals surface area contributed by atoms with Gasteiger partial charge in [-0.15, -0.1) is 0 Å². The molecule has 0 aliphatic heterocycles. The van der Waals surface area contributed by atoms with E-state index in [1.165, 1.54) is 6.92 Å². The average Bonchev–Trinajstić information content (AvgIpc) is 2.60. The maximum absolute atomic E-state index is 11.2. The van der Waals surface area contributed by atoms with Crippen molar-refractivity contribution in [3.8, 4) is 0 Å². The predicted octanol–water partition coefficient (Wildman–Crippen LogP) is 2.00. The Balaban J connectivity index is 2.55. The molecule has 0 spiro atoms. The first-order chi connectivity index (χ1) is 7.58. The number of Topliss-reactive ketones (excluding diaryl/α,β-unsaturated/α-hetero) is 1. The highest BCUT2D eigenvalue weighted by atomic mass is 16.4. The molecule has 0 saturated heterocycles. The van der Waals surface area contributed by atoms with Crippen LogP contribution in [0.2, 0.25) is 0 Å². The van der Waals surface area contributed by atoms with Gasteiger partial charge in [-0.2, -0.15) is 0 Å². The van der Waals surface area contributed by atoms with Crippen molar-refractivity contribution in [2.45, 2.75) is 13.3 Å². The molecule has 4 heteroatoms. The van der Waals surface area contributed by atoms with Crippen molar-refractivity contribution in [1.82, 2.24) is 4.98 Å². The summed E-state index contributed by atoms with van der Waals surface area (Å²) in [5, 5.41) is 9.54. The molecular weight excluding hydrogens is 206 g/mol. The fourth-order valence-electron chi connectivity index (χ4n) is 1.71. The van der Waals surface area contributed by atoms with Gasteiger partial charge in [0.15, 0.2) is 5.78 Å². The van der Waals surface area contributed by atoms with Gasteiger partial charge in [0, 0.05) is 22.7 Å². The molecule has 4 nitrogen and oxygen atoms in total. The van der Waals surface area contributed by atoms with E-state index in [0.717, 1.165) is 10.9 Å². The molecule has 2 rings (SSSR count). The molecule has 0 unspecified atom stereocenters. The van der Waals surface area contributed by atoms with Crippen LogP contribution in [0.15, 0.2) is 24.4 Å². The summed E-state index contributed by atoms with van der Waals surface area (Å²) in [6.07, 6.45) is 1.63. The number of carboxylic acids is 1. The molecule has 0 radical (unpaired) electrons. The van der Waals surface area contributed by atoms with Crippen molar-refractivity contribution in [2.24, 2.45) is 0 Å². The van der Waals surface area contributed by atoms with Crippen LogP contribution in [0.25, 0.3) is 10.9 Å². The Labute approximate surface area is 91.9 Å². The summed E-state index contributed by atoms with van der Waals surface area (Å²) in [6.45, 7) is 1.49. The molecule has 0 saturated carbocycles. The van der Waals surface area contributed by atoms with E-state index in [0.29, 0.717) is 11.1 Å². The van der Waals surface area contributed by atoms with Crippen LogP contribution in [0.4, 0.5) is 0 Å². The monoisotopic (exact) mass is 217 g/mol. The van der Waals surface area contributed by atoms with Gasteiger partial charge < -0.3 is 10.1 Å². The van der Waals surface area contributed by atoms with Crippen molar-refractivity contribution < 1.29 is 14.7 Å². The number of nitrogens with one attached hydrogen (secondary N) is 1. The van der Waals surface area contributed by atoms with E-state index in [-0.39, 0.29) is 12.2 Å². The first kappa shape index (κ1) is 10.4. The van der Waals surface area contributed by atoms with E-state index in [2.05, 4.69) is 4.98 Å². The molecule has 0 amide bonds. The second kappa shape index (κ2) is 3.81. The van der Waals surface area contributed by atoms with E-state index < -0.39 is 5.97 Å². The van der Waals surface area contributed by atoms with Gasteiger partial charge in [0.1, 0.15) is 0 Å². The molecule has 0 atom stereocenters. The normalized spacial score (nSPS) is 10.6. The molecule has 0 aliphatic rings. The number of hydrogen-bond donors (Lipinski definition) is 2. The lowest BCUT2D eigenvalue weighted by molar-refractivity contribution is -0.136. The quantitative estimate of drug-likeness (QED) is 0.772. The summed E-state index contributed by atoms with van der Waals surface area (Å²) in [5.41, 5.74) is 2.14. The molecule has 1 heterocycles. The van der Waals surface area contributed by atoms with E-state index in [9.17, 15) is 9.59 Å². The minimum absolute atomic E-state index is 0.0237. The van der Waals surface area contributed by atoms with E-state index in [1.807, 2.05) is 0 Å². The molecule has 82 valence electrons. The van der Waals surface area contributed by atoms with Crippen LogP contribution >= 0.6 is 0 Å². The van der Waals surface area contributed by atoms with Crippen LogP contribution in [-0.4, -0.2) is 21.8 Å². The zero-order chi connectivity index (χ0) is 11.7. The molecule has 0 aliphatic carbocycles. The number of rotatable bonds is 3. The summed E-state index contributed by atoms with van der Waals surface area (Å²) in [5.74, 6) is -0.904. The Morgan fingerprint density at radius 2 is 2.12 bits per heavy atom.